The molecule has 2 aromatic carbocycles. The van der Waals surface area contributed by atoms with Crippen molar-refractivity contribution in [2.24, 2.45) is 5.73 Å². The van der Waals surface area contributed by atoms with Gasteiger partial charge in [-0.2, -0.15) is 0 Å². The number of nitrogen functional groups attached to an aromatic ring is 1. The van der Waals surface area contributed by atoms with E-state index in [1.165, 1.54) is 12.0 Å². The number of esters is 1. The molecule has 0 bridgehead atoms. The number of carbonyl (C=O) groups is 3. The number of aryl methyl sites for hydroxylation is 2. The lowest BCUT2D eigenvalue weighted by Crippen LogP contribution is -2.42. The lowest BCUT2D eigenvalue weighted by atomic mass is 10.0. The van der Waals surface area contributed by atoms with E-state index < -0.39 is 17.8 Å². The van der Waals surface area contributed by atoms with Crippen molar-refractivity contribution >= 4 is 35.0 Å². The van der Waals surface area contributed by atoms with Crippen LogP contribution in [0.3, 0.4) is 0 Å². The summed E-state index contributed by atoms with van der Waals surface area (Å²) < 4.78 is 4.63. The zero-order valence-electron chi connectivity index (χ0n) is 21.3. The number of benzene rings is 2. The molecule has 0 aliphatic heterocycles. The number of nitrogens with zero attached hydrogens (tertiary/aromatic N) is 1. The average Bonchev–Trinajstić information content (AvgIpc) is 2.82. The van der Waals surface area contributed by atoms with Gasteiger partial charge in [0.1, 0.15) is 18.8 Å². The van der Waals surface area contributed by atoms with Crippen LogP contribution in [0.5, 0.6) is 0 Å². The molecule has 0 aromatic heterocycles. The number of rotatable bonds is 9. The Hall–Kier alpha value is -4.32. The van der Waals surface area contributed by atoms with Gasteiger partial charge < -0.3 is 26.0 Å². The van der Waals surface area contributed by atoms with E-state index in [2.05, 4.69) is 27.2 Å². The molecule has 0 aliphatic rings. The summed E-state index contributed by atoms with van der Waals surface area (Å²) in [7, 11) is 1.25. The fraction of sp³-hybridized carbons (Fsp3) is 0.333. The number of methoxy groups -OCH3 is 1. The second kappa shape index (κ2) is 13.0. The molecule has 0 saturated heterocycles. The van der Waals surface area contributed by atoms with Gasteiger partial charge in [-0.15, -0.1) is 0 Å². The monoisotopic (exact) mass is 491 g/mol. The van der Waals surface area contributed by atoms with Crippen LogP contribution in [0.4, 0.5) is 11.4 Å². The van der Waals surface area contributed by atoms with E-state index in [-0.39, 0.29) is 24.8 Å². The van der Waals surface area contributed by atoms with Crippen molar-refractivity contribution in [3.05, 3.63) is 58.7 Å². The Morgan fingerprint density at radius 3 is 2.36 bits per heavy atom. The molecule has 0 saturated carbocycles. The van der Waals surface area contributed by atoms with Crippen molar-refractivity contribution in [1.82, 2.24) is 4.90 Å². The van der Waals surface area contributed by atoms with E-state index in [4.69, 9.17) is 11.1 Å². The smallest absolute Gasteiger partial charge is 0.325 e. The maximum atomic E-state index is 12.6. The van der Waals surface area contributed by atoms with Crippen molar-refractivity contribution < 1.29 is 19.1 Å². The Morgan fingerprint density at radius 1 is 1.11 bits per heavy atom. The van der Waals surface area contributed by atoms with Gasteiger partial charge in [0.15, 0.2) is 0 Å². The summed E-state index contributed by atoms with van der Waals surface area (Å²) in [6.07, 6.45) is -0.381. The maximum absolute atomic E-state index is 12.6. The van der Waals surface area contributed by atoms with E-state index in [0.717, 1.165) is 22.4 Å². The first-order valence-corrected chi connectivity index (χ1v) is 11.5. The third-order valence-corrected chi connectivity index (χ3v) is 5.43. The van der Waals surface area contributed by atoms with Crippen LogP contribution in [-0.2, 0) is 19.1 Å². The second-order valence-electron chi connectivity index (χ2n) is 8.54. The van der Waals surface area contributed by atoms with E-state index in [9.17, 15) is 14.4 Å². The molecule has 36 heavy (non-hydrogen) atoms. The molecular weight excluding hydrogens is 458 g/mol. The zero-order valence-corrected chi connectivity index (χ0v) is 21.3. The molecule has 0 spiro atoms. The average molecular weight is 492 g/mol. The van der Waals surface area contributed by atoms with Gasteiger partial charge in [0, 0.05) is 28.5 Å². The highest BCUT2D eigenvalue weighted by Gasteiger charge is 2.23. The van der Waals surface area contributed by atoms with Gasteiger partial charge >= 0.3 is 5.97 Å². The van der Waals surface area contributed by atoms with Crippen LogP contribution in [0.1, 0.15) is 42.5 Å². The first-order valence-electron chi connectivity index (χ1n) is 11.5. The van der Waals surface area contributed by atoms with Gasteiger partial charge in [-0.1, -0.05) is 11.8 Å². The molecule has 0 atom stereocenters. The van der Waals surface area contributed by atoms with Crippen molar-refractivity contribution in [1.29, 1.82) is 5.41 Å². The second-order valence-corrected chi connectivity index (χ2v) is 8.54. The molecule has 190 valence electrons. The highest BCUT2D eigenvalue weighted by atomic mass is 16.5. The van der Waals surface area contributed by atoms with E-state index in [1.807, 2.05) is 38.1 Å². The van der Waals surface area contributed by atoms with E-state index >= 15 is 0 Å². The molecule has 5 N–H and O–H groups in total. The predicted octanol–water partition coefficient (Wildman–Crippen LogP) is 2.79. The molecule has 0 unspecified atom stereocenters. The van der Waals surface area contributed by atoms with Gasteiger partial charge in [0.05, 0.1) is 13.7 Å². The van der Waals surface area contributed by atoms with Gasteiger partial charge in [-0.05, 0) is 75.2 Å². The standard InChI is InChI=1S/C27H33N5O4/c1-17(2)32(16-26(35)36-5)25(34)15-24(33)31-23-14-18(3)21(13-19(23)4)7-6-12-30-22-10-8-20(9-11-22)27(28)29/h8-11,13-14,17,30H,12,15-16H2,1-5H3,(H3,28,29)(H,31,33). The highest BCUT2D eigenvalue weighted by Crippen LogP contribution is 2.20. The van der Waals surface area contributed by atoms with Gasteiger partial charge in [-0.25, -0.2) is 0 Å². The SMILES string of the molecule is COC(=O)CN(C(=O)CC(=O)Nc1cc(C)c(C#CCNc2ccc(C(=N)N)cc2)cc1C)C(C)C. The maximum Gasteiger partial charge on any atom is 0.325 e. The third-order valence-electron chi connectivity index (χ3n) is 5.43. The number of amidine groups is 1. The molecule has 0 fully saturated rings. The summed E-state index contributed by atoms with van der Waals surface area (Å²) >= 11 is 0. The van der Waals surface area contributed by atoms with Crippen LogP contribution in [0, 0.1) is 31.1 Å². The van der Waals surface area contributed by atoms with E-state index in [1.54, 1.807) is 26.0 Å². The largest absolute Gasteiger partial charge is 0.468 e. The van der Waals surface area contributed by atoms with Crippen LogP contribution in [0.25, 0.3) is 0 Å². The highest BCUT2D eigenvalue weighted by molar-refractivity contribution is 6.04. The molecule has 2 amide bonds. The van der Waals surface area contributed by atoms with Gasteiger partial charge in [0.25, 0.3) is 0 Å². The number of hydrogen-bond donors (Lipinski definition) is 4. The minimum absolute atomic E-state index is 0.0227. The Morgan fingerprint density at radius 2 is 1.78 bits per heavy atom. The number of carbonyl (C=O) groups excluding carboxylic acids is 3. The summed E-state index contributed by atoms with van der Waals surface area (Å²) in [5, 5.41) is 13.4. The predicted molar refractivity (Wildman–Crippen MR) is 141 cm³/mol. The van der Waals surface area contributed by atoms with Crippen LogP contribution in [0.2, 0.25) is 0 Å². The van der Waals surface area contributed by atoms with Gasteiger partial charge in [-0.3, -0.25) is 19.8 Å². The lowest BCUT2D eigenvalue weighted by Gasteiger charge is -2.25. The van der Waals surface area contributed by atoms with Crippen LogP contribution in [-0.4, -0.2) is 54.8 Å². The summed E-state index contributed by atoms with van der Waals surface area (Å²) in [5.41, 5.74) is 10.1. The number of nitrogens with one attached hydrogen (secondary N) is 3. The van der Waals surface area contributed by atoms with Crippen LogP contribution in [0.15, 0.2) is 36.4 Å². The molecule has 0 aliphatic carbocycles. The number of anilines is 2. The molecule has 0 heterocycles. The Labute approximate surface area is 211 Å². The minimum Gasteiger partial charge on any atom is -0.468 e. The van der Waals surface area contributed by atoms with Crippen molar-refractivity contribution in [2.45, 2.75) is 40.2 Å². The quantitative estimate of drug-likeness (QED) is 0.140. The minimum atomic E-state index is -0.540. The number of hydrogen-bond acceptors (Lipinski definition) is 6. The molecular formula is C27H33N5O4. The van der Waals surface area contributed by atoms with Crippen molar-refractivity contribution in [2.75, 3.05) is 30.8 Å². The third kappa shape index (κ3) is 8.17. The fourth-order valence-corrected chi connectivity index (χ4v) is 3.33. The summed E-state index contributed by atoms with van der Waals surface area (Å²) in [6.45, 7) is 7.52. The molecule has 9 nitrogen and oxygen atoms in total. The van der Waals surface area contributed by atoms with Crippen molar-refractivity contribution in [3.8, 4) is 11.8 Å². The molecule has 9 heteroatoms. The topological polar surface area (TPSA) is 138 Å². The van der Waals surface area contributed by atoms with Crippen LogP contribution >= 0.6 is 0 Å². The van der Waals surface area contributed by atoms with E-state index in [0.29, 0.717) is 17.8 Å². The molecule has 2 rings (SSSR count). The summed E-state index contributed by atoms with van der Waals surface area (Å²) in [4.78, 5) is 38.0. The Kier molecular flexibility index (Phi) is 10.0. The Balaban J connectivity index is 1.99. The summed E-state index contributed by atoms with van der Waals surface area (Å²) in [5.74, 6) is 4.79. The van der Waals surface area contributed by atoms with Gasteiger partial charge in [0.2, 0.25) is 11.8 Å². The normalized spacial score (nSPS) is 10.2. The number of ether oxygens (including phenoxy) is 1. The molecule has 2 aromatic rings. The lowest BCUT2D eigenvalue weighted by molar-refractivity contribution is -0.149. The first-order chi connectivity index (χ1) is 17.0. The summed E-state index contributed by atoms with van der Waals surface area (Å²) in [6, 6.07) is 10.7. The van der Waals surface area contributed by atoms with Crippen molar-refractivity contribution in [3.63, 3.8) is 0 Å². The first kappa shape index (κ1) is 27.9. The van der Waals surface area contributed by atoms with Crippen LogP contribution < -0.4 is 16.4 Å². The fourth-order valence-electron chi connectivity index (χ4n) is 3.33. The molecule has 0 radical (unpaired) electrons. The Bertz CT molecular complexity index is 1190. The number of nitrogens with two attached hydrogens (primary N) is 1. The number of amides is 2. The zero-order chi connectivity index (χ0) is 26.8.